The SMILES string of the molecule is N=C(N)NCCC[C@H]1NC(=O)CCC(=O)Nc2ccc(cc2)C[C@@H](C(=O)O)NC(=O)[C@@H](Cc2ccccc2)NC(=O)[C@H](Cc2ccc(C(F)(F)F)cc2)NC1=O. The Labute approximate surface area is 319 Å². The lowest BCUT2D eigenvalue weighted by Gasteiger charge is -2.26. The fraction of sp³-hybridized carbons (Fsp3) is 0.342. The number of fused-ring (bicyclic) bond motifs is 18. The minimum Gasteiger partial charge on any atom is -0.480 e. The first-order valence-corrected chi connectivity index (χ1v) is 17.7. The number of anilines is 1. The van der Waals surface area contributed by atoms with Crippen LogP contribution in [0.4, 0.5) is 18.9 Å². The molecule has 0 aliphatic carbocycles. The van der Waals surface area contributed by atoms with E-state index in [0.29, 0.717) is 16.8 Å². The zero-order valence-corrected chi connectivity index (χ0v) is 30.1. The Bertz CT molecular complexity index is 1880. The van der Waals surface area contributed by atoms with Gasteiger partial charge in [-0.15, -0.1) is 0 Å². The summed E-state index contributed by atoms with van der Waals surface area (Å²) in [6.45, 7) is 0.138. The molecule has 10 N–H and O–H groups in total. The first-order valence-electron chi connectivity index (χ1n) is 17.7. The topological polar surface area (TPSA) is 245 Å². The number of nitrogens with two attached hydrogens (primary N) is 1. The molecule has 56 heavy (non-hydrogen) atoms. The van der Waals surface area contributed by atoms with Gasteiger partial charge in [0.15, 0.2) is 5.96 Å². The zero-order valence-electron chi connectivity index (χ0n) is 30.1. The van der Waals surface area contributed by atoms with Crippen molar-refractivity contribution < 1.29 is 47.0 Å². The molecular weight excluding hydrogens is 737 g/mol. The van der Waals surface area contributed by atoms with Gasteiger partial charge in [-0.25, -0.2) is 4.79 Å². The molecule has 2 bridgehead atoms. The molecule has 0 saturated heterocycles. The maximum absolute atomic E-state index is 14.1. The molecule has 2 aliphatic heterocycles. The van der Waals surface area contributed by atoms with Crippen LogP contribution in [0.15, 0.2) is 78.9 Å². The number of hydrogen-bond acceptors (Lipinski definition) is 7. The number of guanidine groups is 1. The van der Waals surface area contributed by atoms with Gasteiger partial charge < -0.3 is 42.7 Å². The molecule has 4 atom stereocenters. The number of rotatable bonds is 9. The highest BCUT2D eigenvalue weighted by molar-refractivity contribution is 5.96. The van der Waals surface area contributed by atoms with Crippen LogP contribution in [0.25, 0.3) is 0 Å². The summed E-state index contributed by atoms with van der Waals surface area (Å²) in [5.74, 6) is -5.56. The molecule has 0 fully saturated rings. The molecule has 0 spiro atoms. The van der Waals surface area contributed by atoms with E-state index in [1.54, 1.807) is 42.5 Å². The normalized spacial score (nSPS) is 20.3. The van der Waals surface area contributed by atoms with Crippen LogP contribution in [0.2, 0.25) is 0 Å². The fourth-order valence-corrected chi connectivity index (χ4v) is 5.83. The van der Waals surface area contributed by atoms with Crippen molar-refractivity contribution in [2.45, 2.75) is 75.3 Å². The van der Waals surface area contributed by atoms with E-state index in [-0.39, 0.29) is 63.0 Å². The molecule has 298 valence electrons. The summed E-state index contributed by atoms with van der Waals surface area (Å²) in [6, 6.07) is 12.9. The number of amides is 5. The summed E-state index contributed by atoms with van der Waals surface area (Å²) in [4.78, 5) is 79.8. The summed E-state index contributed by atoms with van der Waals surface area (Å²) in [6.07, 6.45) is -5.70. The third-order valence-corrected chi connectivity index (χ3v) is 8.78. The number of halogens is 3. The number of carboxylic acids is 1. The minimum atomic E-state index is -4.64. The fourth-order valence-electron chi connectivity index (χ4n) is 5.83. The van der Waals surface area contributed by atoms with Crippen molar-refractivity contribution >= 4 is 47.2 Å². The van der Waals surface area contributed by atoms with Crippen LogP contribution in [0.5, 0.6) is 0 Å². The van der Waals surface area contributed by atoms with Crippen LogP contribution >= 0.6 is 0 Å². The maximum Gasteiger partial charge on any atom is 0.416 e. The van der Waals surface area contributed by atoms with Crippen molar-refractivity contribution in [1.29, 1.82) is 5.41 Å². The Morgan fingerprint density at radius 2 is 1.30 bits per heavy atom. The van der Waals surface area contributed by atoms with Crippen LogP contribution in [-0.4, -0.2) is 77.3 Å². The van der Waals surface area contributed by atoms with E-state index in [1.165, 1.54) is 12.1 Å². The second-order valence-corrected chi connectivity index (χ2v) is 13.2. The van der Waals surface area contributed by atoms with Gasteiger partial charge in [0.1, 0.15) is 24.2 Å². The molecular formula is C38H43F3N8O7. The van der Waals surface area contributed by atoms with Crippen LogP contribution in [-0.2, 0) is 54.2 Å². The van der Waals surface area contributed by atoms with Crippen molar-refractivity contribution in [2.24, 2.45) is 5.73 Å². The van der Waals surface area contributed by atoms with Gasteiger partial charge in [-0.2, -0.15) is 13.2 Å². The molecule has 0 unspecified atom stereocenters. The van der Waals surface area contributed by atoms with Gasteiger partial charge in [0.25, 0.3) is 0 Å². The van der Waals surface area contributed by atoms with Crippen LogP contribution in [0, 0.1) is 5.41 Å². The van der Waals surface area contributed by atoms with Gasteiger partial charge in [0.2, 0.25) is 29.5 Å². The second kappa shape index (κ2) is 19.7. The molecule has 3 aromatic carbocycles. The average molecular weight is 781 g/mol. The van der Waals surface area contributed by atoms with Crippen LogP contribution in [0.1, 0.15) is 47.9 Å². The first kappa shape index (κ1) is 42.3. The number of hydrogen-bond donors (Lipinski definition) is 9. The number of benzene rings is 3. The van der Waals surface area contributed by atoms with Gasteiger partial charge in [-0.3, -0.25) is 29.4 Å². The highest BCUT2D eigenvalue weighted by Crippen LogP contribution is 2.29. The first-order chi connectivity index (χ1) is 26.6. The van der Waals surface area contributed by atoms with Crippen LogP contribution < -0.4 is 37.6 Å². The van der Waals surface area contributed by atoms with E-state index in [1.807, 2.05) is 0 Å². The average Bonchev–Trinajstić information content (AvgIpc) is 3.14. The minimum absolute atomic E-state index is 0.0272. The summed E-state index contributed by atoms with van der Waals surface area (Å²) in [5, 5.41) is 32.9. The van der Waals surface area contributed by atoms with Crippen molar-refractivity contribution in [1.82, 2.24) is 26.6 Å². The lowest BCUT2D eigenvalue weighted by Crippen LogP contribution is -2.59. The van der Waals surface area contributed by atoms with Gasteiger partial charge >= 0.3 is 12.1 Å². The highest BCUT2D eigenvalue weighted by Gasteiger charge is 2.33. The largest absolute Gasteiger partial charge is 0.480 e. The van der Waals surface area contributed by atoms with Gasteiger partial charge in [0.05, 0.1) is 5.56 Å². The Kier molecular flexibility index (Phi) is 14.9. The van der Waals surface area contributed by atoms with E-state index >= 15 is 0 Å². The number of aliphatic carboxylic acids is 1. The van der Waals surface area contributed by atoms with Gasteiger partial charge in [-0.1, -0.05) is 54.6 Å². The van der Waals surface area contributed by atoms with Crippen LogP contribution in [0.3, 0.4) is 0 Å². The Morgan fingerprint density at radius 3 is 1.88 bits per heavy atom. The van der Waals surface area contributed by atoms with Crippen molar-refractivity contribution in [2.75, 3.05) is 11.9 Å². The molecule has 3 aromatic rings. The van der Waals surface area contributed by atoms with Gasteiger partial charge in [-0.05, 0) is 53.8 Å². The molecule has 0 radical (unpaired) electrons. The lowest BCUT2D eigenvalue weighted by molar-refractivity contribution is -0.142. The number of carboxylic acid groups (broad SMARTS) is 1. The van der Waals surface area contributed by atoms with Crippen molar-refractivity contribution in [3.63, 3.8) is 0 Å². The lowest BCUT2D eigenvalue weighted by atomic mass is 10.00. The van der Waals surface area contributed by atoms with Crippen molar-refractivity contribution in [3.05, 3.63) is 101 Å². The van der Waals surface area contributed by atoms with Crippen molar-refractivity contribution in [3.8, 4) is 0 Å². The molecule has 18 heteroatoms. The van der Waals surface area contributed by atoms with E-state index in [4.69, 9.17) is 11.1 Å². The molecule has 2 heterocycles. The number of nitrogens with one attached hydrogen (secondary N) is 7. The van der Waals surface area contributed by atoms with E-state index in [0.717, 1.165) is 24.3 Å². The standard InChI is InChI=1S/C38H43F3N8O7/c39-38(40,41)25-12-8-23(9-13-25)20-29-34(53)48-28(19-22-5-2-1-3-6-22)35(54)49-30(36(55)56)21-24-10-14-26(15-11-24)45-31(50)16-17-32(51)46-27(33(52)47-29)7-4-18-44-37(42)43/h1-3,5-6,8-15,27-30H,4,7,16-21H2,(H,45,50)(H,46,51)(H,47,52)(H,48,53)(H,49,54)(H,55,56)(H4,42,43,44)/t27-,28-,29+,30+/m1/s1. The Balaban J connectivity index is 1.72. The third kappa shape index (κ3) is 13.4. The summed E-state index contributed by atoms with van der Waals surface area (Å²) >= 11 is 0. The molecule has 0 aromatic heterocycles. The highest BCUT2D eigenvalue weighted by atomic mass is 19.4. The maximum atomic E-state index is 14.1. The number of alkyl halides is 3. The van der Waals surface area contributed by atoms with E-state index < -0.39 is 71.4 Å². The smallest absolute Gasteiger partial charge is 0.416 e. The number of carbonyl (C=O) groups is 6. The van der Waals surface area contributed by atoms with E-state index in [9.17, 15) is 47.0 Å². The molecule has 2 aliphatic rings. The quantitative estimate of drug-likeness (QED) is 0.0664. The van der Waals surface area contributed by atoms with E-state index in [2.05, 4.69) is 31.9 Å². The van der Waals surface area contributed by atoms with Gasteiger partial charge in [0, 0.05) is 44.3 Å². The molecule has 5 amide bonds. The predicted molar refractivity (Wildman–Crippen MR) is 198 cm³/mol. The number of carbonyl (C=O) groups excluding carboxylic acids is 5. The summed E-state index contributed by atoms with van der Waals surface area (Å²) < 4.78 is 40.0. The second-order valence-electron chi connectivity index (χ2n) is 13.2. The predicted octanol–water partition coefficient (Wildman–Crippen LogP) is 1.75. The zero-order chi connectivity index (χ0) is 40.8. The Hall–Kier alpha value is -6.46. The molecule has 5 rings (SSSR count). The summed E-state index contributed by atoms with van der Waals surface area (Å²) in [7, 11) is 0. The summed E-state index contributed by atoms with van der Waals surface area (Å²) in [5.41, 5.74) is 6.07. The molecule has 0 saturated carbocycles. The Morgan fingerprint density at radius 1 is 0.750 bits per heavy atom. The molecule has 15 nitrogen and oxygen atoms in total. The third-order valence-electron chi connectivity index (χ3n) is 8.78. The monoisotopic (exact) mass is 780 g/mol.